The molecule has 0 aliphatic carbocycles. The Hall–Kier alpha value is -9.46. The van der Waals surface area contributed by atoms with Crippen LogP contribution in [0.15, 0.2) is 196 Å². The van der Waals surface area contributed by atoms with E-state index in [1.165, 1.54) is 34.3 Å². The molecule has 0 saturated heterocycles. The van der Waals surface area contributed by atoms with Crippen LogP contribution in [0.1, 0.15) is 11.1 Å². The van der Waals surface area contributed by atoms with Crippen molar-refractivity contribution in [2.24, 2.45) is 5.84 Å². The molecule has 0 radical (unpaired) electrons. The Labute approximate surface area is 446 Å². The van der Waals surface area contributed by atoms with Crippen LogP contribution in [-0.4, -0.2) is 64.2 Å². The minimum absolute atomic E-state index is 0.204. The van der Waals surface area contributed by atoms with Gasteiger partial charge in [0.15, 0.2) is 5.65 Å². The van der Waals surface area contributed by atoms with Crippen molar-refractivity contribution >= 4 is 81.8 Å². The Balaban J connectivity index is 0.000000142. The van der Waals surface area contributed by atoms with E-state index < -0.39 is 0 Å². The molecule has 11 aromatic rings. The number of anilines is 4. The van der Waals surface area contributed by atoms with Crippen LogP contribution in [0.3, 0.4) is 0 Å². The number of H-pyrrole nitrogens is 1. The molecule has 9 aromatic heterocycles. The highest BCUT2D eigenvalue weighted by atomic mass is 79.9. The third-order valence-electron chi connectivity index (χ3n) is 9.95. The van der Waals surface area contributed by atoms with Gasteiger partial charge in [0.2, 0.25) is 0 Å². The maximum atomic E-state index is 11.7. The van der Waals surface area contributed by atoms with Crippen molar-refractivity contribution in [3.05, 3.63) is 213 Å². The number of hydrogen-bond acceptors (Lipinski definition) is 17. The second kappa shape index (κ2) is 25.6. The van der Waals surface area contributed by atoms with E-state index >= 15 is 0 Å². The summed E-state index contributed by atoms with van der Waals surface area (Å²) in [5, 5.41) is 30.4. The Bertz CT molecular complexity index is 3670. The average molecular weight is 1180 g/mol. The summed E-state index contributed by atoms with van der Waals surface area (Å²) in [4.78, 5) is 39.1. The molecule has 0 spiro atoms. The highest BCUT2D eigenvalue weighted by Crippen LogP contribution is 2.22. The Morgan fingerprint density at radius 1 is 0.500 bits per heavy atom. The lowest BCUT2D eigenvalue weighted by Crippen LogP contribution is -2.06. The van der Waals surface area contributed by atoms with Gasteiger partial charge in [-0.3, -0.25) is 20.6 Å². The standard InChI is InChI=1S/C16H11N5O.C15H11N5.C9H6BrN5.C5H6BrN3.C5H5BrN2/c22-16-13-9-20-21(15(13)18-10-19-16)12-6-7-14(17-8-12)11-4-2-1-3-5-11;16-8-12-9-19-20(15(12)17)13-6-7-14(18-10-13)11-4-2-1-3-5-11;10-8-2-1-7(5-13-8)15-9(12)6(3-11)4-14-15;6-5-2-1-4(9-7)3-8-5;6-5-2-1-4(7)3-8-5/h1-10H,(H,18,19,22);1-7,9-10H,17H2;1-2,4-5H,12H2;1-3,9H,7H2;1-3H,7H2. The average Bonchev–Trinajstić information content (AvgIpc) is 4.17. The SMILES string of the molecule is N#Cc1cnn(-c2ccc(-c3ccccc3)nc2)c1N.N#Cc1cnn(-c2ccc(Br)nc2)c1N.NNc1ccc(Br)nc1.Nc1ccc(Br)nc1.O=c1[nH]cnc2c1cnn2-c1ccc(-c2ccccc2)nc1. The fourth-order valence-electron chi connectivity index (χ4n) is 6.27. The van der Waals surface area contributed by atoms with Gasteiger partial charge in [-0.2, -0.15) is 25.8 Å². The van der Waals surface area contributed by atoms with Crippen molar-refractivity contribution in [3.8, 4) is 51.7 Å². The van der Waals surface area contributed by atoms with E-state index in [1.807, 2.05) is 115 Å². The molecule has 9 heterocycles. The number of aromatic amines is 1. The summed E-state index contributed by atoms with van der Waals surface area (Å²) in [6.45, 7) is 0. The molecular weight excluding hydrogens is 1140 g/mol. The second-order valence-electron chi connectivity index (χ2n) is 14.8. The first-order chi connectivity index (χ1) is 36.0. The molecule has 0 amide bonds. The van der Waals surface area contributed by atoms with Crippen LogP contribution in [0.5, 0.6) is 0 Å². The van der Waals surface area contributed by atoms with Crippen molar-refractivity contribution in [2.75, 3.05) is 22.6 Å². The maximum Gasteiger partial charge on any atom is 0.261 e. The lowest BCUT2D eigenvalue weighted by molar-refractivity contribution is 0.883. The summed E-state index contributed by atoms with van der Waals surface area (Å²) < 4.78 is 6.93. The van der Waals surface area contributed by atoms with Crippen molar-refractivity contribution in [1.82, 2.24) is 64.2 Å². The van der Waals surface area contributed by atoms with Crippen LogP contribution in [0, 0.1) is 22.7 Å². The van der Waals surface area contributed by atoms with Gasteiger partial charge in [0.05, 0.1) is 95.7 Å². The topological polar surface area (TPSA) is 327 Å². The van der Waals surface area contributed by atoms with E-state index in [0.717, 1.165) is 59.1 Å². The molecule has 24 heteroatoms. The van der Waals surface area contributed by atoms with Crippen LogP contribution >= 0.6 is 47.8 Å². The third kappa shape index (κ3) is 13.7. The molecule has 0 saturated carbocycles. The van der Waals surface area contributed by atoms with Gasteiger partial charge in [-0.05, 0) is 108 Å². The number of fused-ring (bicyclic) bond motifs is 1. The molecule has 366 valence electrons. The van der Waals surface area contributed by atoms with Crippen molar-refractivity contribution in [2.45, 2.75) is 0 Å². The zero-order valence-corrected chi connectivity index (χ0v) is 43.1. The summed E-state index contributed by atoms with van der Waals surface area (Å²) >= 11 is 9.60. The van der Waals surface area contributed by atoms with Crippen molar-refractivity contribution in [1.29, 1.82) is 10.5 Å². The zero-order valence-electron chi connectivity index (χ0n) is 38.4. The third-order valence-corrected chi connectivity index (χ3v) is 11.4. The van der Waals surface area contributed by atoms with Crippen LogP contribution in [0.25, 0.3) is 50.6 Å². The van der Waals surface area contributed by atoms with Crippen molar-refractivity contribution in [3.63, 3.8) is 0 Å². The predicted octanol–water partition coefficient (Wildman–Crippen LogP) is 8.60. The van der Waals surface area contributed by atoms with E-state index in [9.17, 15) is 4.79 Å². The number of hydrazine groups is 1. The quantitative estimate of drug-likeness (QED) is 0.0515. The lowest BCUT2D eigenvalue weighted by Gasteiger charge is -2.05. The number of nitrogens with zero attached hydrogens (tertiary/aromatic N) is 14. The van der Waals surface area contributed by atoms with Gasteiger partial charge >= 0.3 is 0 Å². The molecule has 0 aliphatic heterocycles. The van der Waals surface area contributed by atoms with E-state index in [0.29, 0.717) is 39.5 Å². The lowest BCUT2D eigenvalue weighted by atomic mass is 10.1. The monoisotopic (exact) mass is 1170 g/mol. The van der Waals surface area contributed by atoms with E-state index in [1.54, 1.807) is 53.9 Å². The first kappa shape index (κ1) is 52.4. The van der Waals surface area contributed by atoms with E-state index in [-0.39, 0.29) is 5.56 Å². The molecule has 74 heavy (non-hydrogen) atoms. The maximum absolute atomic E-state index is 11.7. The molecule has 10 N–H and O–H groups in total. The Morgan fingerprint density at radius 3 is 1.36 bits per heavy atom. The van der Waals surface area contributed by atoms with Gasteiger partial charge in [0.25, 0.3) is 5.56 Å². The van der Waals surface area contributed by atoms with Crippen molar-refractivity contribution < 1.29 is 0 Å². The highest BCUT2D eigenvalue weighted by molar-refractivity contribution is 9.11. The van der Waals surface area contributed by atoms with Gasteiger partial charge < -0.3 is 27.6 Å². The van der Waals surface area contributed by atoms with Crippen LogP contribution in [0.2, 0.25) is 0 Å². The summed E-state index contributed by atoms with van der Waals surface area (Å²) in [6.07, 6.45) is 14.0. The molecule has 0 fully saturated rings. The minimum Gasteiger partial charge on any atom is -0.397 e. The first-order valence-electron chi connectivity index (χ1n) is 21.5. The summed E-state index contributed by atoms with van der Waals surface area (Å²) in [5.41, 5.74) is 28.0. The summed E-state index contributed by atoms with van der Waals surface area (Å²) in [7, 11) is 0. The number of aromatic nitrogens is 13. The van der Waals surface area contributed by atoms with Gasteiger partial charge in [0, 0.05) is 11.1 Å². The summed E-state index contributed by atoms with van der Waals surface area (Å²) in [6, 6.07) is 42.2. The summed E-state index contributed by atoms with van der Waals surface area (Å²) in [5.74, 6) is 5.74. The van der Waals surface area contributed by atoms with E-state index in [2.05, 4.69) is 103 Å². The predicted molar refractivity (Wildman–Crippen MR) is 293 cm³/mol. The number of halogens is 3. The number of hydrogen-bond donors (Lipinski definition) is 6. The molecular formula is C50H39Br3N20O. The fraction of sp³-hybridized carbons (Fsp3) is 0. The van der Waals surface area contributed by atoms with Gasteiger partial charge in [0.1, 0.15) is 54.1 Å². The fourth-order valence-corrected chi connectivity index (χ4v) is 6.97. The number of nitrogens with one attached hydrogen (secondary N) is 2. The molecule has 21 nitrogen and oxygen atoms in total. The first-order valence-corrected chi connectivity index (χ1v) is 23.8. The number of nitrogens with two attached hydrogens (primary N) is 4. The van der Waals surface area contributed by atoms with Gasteiger partial charge in [-0.1, -0.05) is 60.7 Å². The molecule has 2 aromatic carbocycles. The van der Waals surface area contributed by atoms with Gasteiger partial charge in [-0.25, -0.2) is 34.0 Å². The molecule has 0 aliphatic rings. The van der Waals surface area contributed by atoms with Crippen LogP contribution in [-0.2, 0) is 0 Å². The smallest absolute Gasteiger partial charge is 0.261 e. The molecule has 0 unspecified atom stereocenters. The highest BCUT2D eigenvalue weighted by Gasteiger charge is 2.12. The molecule has 0 bridgehead atoms. The van der Waals surface area contributed by atoms with Gasteiger partial charge in [-0.15, -0.1) is 0 Å². The Morgan fingerprint density at radius 2 is 0.959 bits per heavy atom. The number of rotatable bonds is 6. The zero-order chi connectivity index (χ0) is 52.4. The minimum atomic E-state index is -0.204. The van der Waals surface area contributed by atoms with E-state index in [4.69, 9.17) is 33.6 Å². The Kier molecular flexibility index (Phi) is 18.1. The van der Waals surface area contributed by atoms with Crippen LogP contribution < -0.4 is 34.0 Å². The number of benzene rings is 2. The number of pyridine rings is 5. The molecule has 0 atom stereocenters. The molecule has 11 rings (SSSR count). The largest absolute Gasteiger partial charge is 0.397 e. The van der Waals surface area contributed by atoms with Crippen LogP contribution in [0.4, 0.5) is 23.0 Å². The second-order valence-corrected chi connectivity index (χ2v) is 17.2. The normalized spacial score (nSPS) is 10.1. The number of nitrogen functional groups attached to an aromatic ring is 4. The number of nitriles is 2.